The zero-order valence-corrected chi connectivity index (χ0v) is 11.8. The maximum atomic E-state index is 11.4. The molecule has 0 aliphatic carbocycles. The third kappa shape index (κ3) is 2.94. The number of hydrogen-bond acceptors (Lipinski definition) is 3. The summed E-state index contributed by atoms with van der Waals surface area (Å²) in [6, 6.07) is 13.8. The highest BCUT2D eigenvalue weighted by Crippen LogP contribution is 2.19. The second-order valence-electron chi connectivity index (χ2n) is 4.77. The first-order valence-electron chi connectivity index (χ1n) is 6.95. The predicted molar refractivity (Wildman–Crippen MR) is 81.0 cm³/mol. The number of esters is 1. The van der Waals surface area contributed by atoms with Gasteiger partial charge in [-0.05, 0) is 24.6 Å². The van der Waals surface area contributed by atoms with Crippen molar-refractivity contribution in [1.82, 2.24) is 9.38 Å². The van der Waals surface area contributed by atoms with Gasteiger partial charge in [0.25, 0.3) is 0 Å². The molecule has 4 heteroatoms. The Morgan fingerprint density at radius 3 is 2.71 bits per heavy atom. The van der Waals surface area contributed by atoms with Crippen LogP contribution in [0.4, 0.5) is 0 Å². The summed E-state index contributed by atoms with van der Waals surface area (Å²) < 4.78 is 6.93. The number of rotatable bonds is 4. The van der Waals surface area contributed by atoms with E-state index < -0.39 is 0 Å². The molecule has 0 spiro atoms. The molecule has 0 aliphatic heterocycles. The lowest BCUT2D eigenvalue weighted by Crippen LogP contribution is -2.07. The maximum absolute atomic E-state index is 11.4. The molecule has 0 saturated heterocycles. The van der Waals surface area contributed by atoms with Crippen molar-refractivity contribution in [3.63, 3.8) is 0 Å². The summed E-state index contributed by atoms with van der Waals surface area (Å²) in [7, 11) is 0. The number of imidazole rings is 1. The van der Waals surface area contributed by atoms with E-state index in [-0.39, 0.29) is 5.97 Å². The third-order valence-corrected chi connectivity index (χ3v) is 3.27. The Morgan fingerprint density at radius 2 is 2.00 bits per heavy atom. The summed E-state index contributed by atoms with van der Waals surface area (Å²) >= 11 is 0. The van der Waals surface area contributed by atoms with Crippen molar-refractivity contribution in [3.8, 4) is 11.3 Å². The molecule has 0 N–H and O–H groups in total. The number of fused-ring (bicyclic) bond motifs is 1. The first kappa shape index (κ1) is 13.4. The van der Waals surface area contributed by atoms with Gasteiger partial charge in [0.1, 0.15) is 5.65 Å². The molecule has 0 unspecified atom stereocenters. The van der Waals surface area contributed by atoms with E-state index in [1.54, 1.807) is 0 Å². The molecule has 0 aliphatic rings. The van der Waals surface area contributed by atoms with E-state index in [0.29, 0.717) is 13.0 Å². The Kier molecular flexibility index (Phi) is 3.69. The van der Waals surface area contributed by atoms with Crippen LogP contribution in [-0.2, 0) is 16.0 Å². The van der Waals surface area contributed by atoms with Crippen LogP contribution in [0.25, 0.3) is 16.9 Å². The van der Waals surface area contributed by atoms with Gasteiger partial charge in [-0.3, -0.25) is 4.79 Å². The first-order chi connectivity index (χ1) is 10.3. The molecular formula is C17H16N2O2. The number of pyridine rings is 1. The molecule has 106 valence electrons. The van der Waals surface area contributed by atoms with Crippen molar-refractivity contribution < 1.29 is 9.53 Å². The fourth-order valence-corrected chi connectivity index (χ4v) is 2.25. The summed E-state index contributed by atoms with van der Waals surface area (Å²) in [5.74, 6) is -0.196. The monoisotopic (exact) mass is 280 g/mol. The molecule has 0 bridgehead atoms. The van der Waals surface area contributed by atoms with Gasteiger partial charge in [0.15, 0.2) is 0 Å². The Bertz CT molecular complexity index is 727. The normalized spacial score (nSPS) is 10.7. The summed E-state index contributed by atoms with van der Waals surface area (Å²) in [6.45, 7) is 2.22. The van der Waals surface area contributed by atoms with Crippen LogP contribution in [0.15, 0.2) is 54.9 Å². The van der Waals surface area contributed by atoms with Crippen molar-refractivity contribution in [2.45, 2.75) is 13.3 Å². The van der Waals surface area contributed by atoms with E-state index in [2.05, 4.69) is 4.98 Å². The Morgan fingerprint density at radius 1 is 1.19 bits per heavy atom. The van der Waals surface area contributed by atoms with Crippen LogP contribution in [0, 0.1) is 0 Å². The minimum atomic E-state index is -0.196. The van der Waals surface area contributed by atoms with Gasteiger partial charge in [0.2, 0.25) is 0 Å². The summed E-state index contributed by atoms with van der Waals surface area (Å²) in [5.41, 5.74) is 3.82. The number of benzene rings is 1. The van der Waals surface area contributed by atoms with Crippen LogP contribution in [0.2, 0.25) is 0 Å². The molecule has 2 heterocycles. The van der Waals surface area contributed by atoms with Gasteiger partial charge >= 0.3 is 5.97 Å². The van der Waals surface area contributed by atoms with Gasteiger partial charge in [-0.2, -0.15) is 0 Å². The molecule has 0 amide bonds. The molecule has 0 saturated carbocycles. The lowest BCUT2D eigenvalue weighted by atomic mass is 10.1. The van der Waals surface area contributed by atoms with Crippen LogP contribution in [0.5, 0.6) is 0 Å². The number of carbonyl (C=O) groups excluding carboxylic acids is 1. The average Bonchev–Trinajstić information content (AvgIpc) is 2.92. The molecule has 1 aromatic carbocycles. The maximum Gasteiger partial charge on any atom is 0.310 e. The number of aromatic nitrogens is 2. The van der Waals surface area contributed by atoms with Gasteiger partial charge in [-0.15, -0.1) is 0 Å². The SMILES string of the molecule is CCOC(=O)Cc1ccc(-c2cn3ccccc3n2)cc1. The molecule has 3 aromatic rings. The molecule has 21 heavy (non-hydrogen) atoms. The van der Waals surface area contributed by atoms with Crippen LogP contribution in [0.1, 0.15) is 12.5 Å². The van der Waals surface area contributed by atoms with Crippen molar-refractivity contribution in [2.75, 3.05) is 6.61 Å². The van der Waals surface area contributed by atoms with Gasteiger partial charge in [0, 0.05) is 18.0 Å². The minimum absolute atomic E-state index is 0.196. The van der Waals surface area contributed by atoms with E-state index in [9.17, 15) is 4.79 Å². The molecule has 3 rings (SSSR count). The molecule has 0 radical (unpaired) electrons. The Balaban J connectivity index is 1.81. The predicted octanol–water partition coefficient (Wildman–Crippen LogP) is 3.11. The molecule has 0 fully saturated rings. The fraction of sp³-hybridized carbons (Fsp3) is 0.176. The van der Waals surface area contributed by atoms with Crippen LogP contribution in [0.3, 0.4) is 0 Å². The third-order valence-electron chi connectivity index (χ3n) is 3.27. The van der Waals surface area contributed by atoms with Gasteiger partial charge in [-0.25, -0.2) is 4.98 Å². The Hall–Kier alpha value is -2.62. The molecular weight excluding hydrogens is 264 g/mol. The Labute approximate surface area is 123 Å². The number of hydrogen-bond donors (Lipinski definition) is 0. The molecule has 4 nitrogen and oxygen atoms in total. The van der Waals surface area contributed by atoms with Crippen molar-refractivity contribution in [3.05, 3.63) is 60.4 Å². The lowest BCUT2D eigenvalue weighted by Gasteiger charge is -2.03. The van der Waals surface area contributed by atoms with Crippen molar-refractivity contribution in [2.24, 2.45) is 0 Å². The van der Waals surface area contributed by atoms with Gasteiger partial charge in [-0.1, -0.05) is 30.3 Å². The quantitative estimate of drug-likeness (QED) is 0.690. The standard InChI is InChI=1S/C17H16N2O2/c1-2-21-17(20)11-13-6-8-14(9-7-13)15-12-19-10-4-3-5-16(19)18-15/h3-10,12H,2,11H2,1H3. The molecule has 0 atom stereocenters. The fourth-order valence-electron chi connectivity index (χ4n) is 2.25. The average molecular weight is 280 g/mol. The highest BCUT2D eigenvalue weighted by Gasteiger charge is 2.06. The summed E-state index contributed by atoms with van der Waals surface area (Å²) in [4.78, 5) is 16.0. The van der Waals surface area contributed by atoms with Crippen LogP contribution < -0.4 is 0 Å². The number of ether oxygens (including phenoxy) is 1. The lowest BCUT2D eigenvalue weighted by molar-refractivity contribution is -0.142. The van der Waals surface area contributed by atoms with E-state index in [4.69, 9.17) is 4.74 Å². The minimum Gasteiger partial charge on any atom is -0.466 e. The van der Waals surface area contributed by atoms with Crippen molar-refractivity contribution >= 4 is 11.6 Å². The van der Waals surface area contributed by atoms with Crippen LogP contribution >= 0.6 is 0 Å². The highest BCUT2D eigenvalue weighted by molar-refractivity contribution is 5.73. The van der Waals surface area contributed by atoms with E-state index in [0.717, 1.165) is 22.5 Å². The number of nitrogens with zero attached hydrogens (tertiary/aromatic N) is 2. The first-order valence-corrected chi connectivity index (χ1v) is 6.95. The second kappa shape index (κ2) is 5.79. The zero-order valence-electron chi connectivity index (χ0n) is 11.8. The molecule has 2 aromatic heterocycles. The van der Waals surface area contributed by atoms with Gasteiger partial charge < -0.3 is 9.14 Å². The van der Waals surface area contributed by atoms with Crippen molar-refractivity contribution in [1.29, 1.82) is 0 Å². The van der Waals surface area contributed by atoms with E-state index in [1.165, 1.54) is 0 Å². The highest BCUT2D eigenvalue weighted by atomic mass is 16.5. The van der Waals surface area contributed by atoms with Gasteiger partial charge in [0.05, 0.1) is 18.7 Å². The smallest absolute Gasteiger partial charge is 0.310 e. The summed E-state index contributed by atoms with van der Waals surface area (Å²) in [6.07, 6.45) is 4.27. The topological polar surface area (TPSA) is 43.6 Å². The number of carbonyl (C=O) groups is 1. The zero-order chi connectivity index (χ0) is 14.7. The van der Waals surface area contributed by atoms with Crippen LogP contribution in [-0.4, -0.2) is 22.0 Å². The van der Waals surface area contributed by atoms with E-state index >= 15 is 0 Å². The second-order valence-corrected chi connectivity index (χ2v) is 4.77. The summed E-state index contributed by atoms with van der Waals surface area (Å²) in [5, 5.41) is 0. The van der Waals surface area contributed by atoms with E-state index in [1.807, 2.05) is 66.2 Å². The largest absolute Gasteiger partial charge is 0.466 e.